The highest BCUT2D eigenvalue weighted by molar-refractivity contribution is 5.85. The van der Waals surface area contributed by atoms with E-state index in [1.807, 2.05) is 6.07 Å². The van der Waals surface area contributed by atoms with Crippen LogP contribution in [0.1, 0.15) is 25.3 Å². The standard InChI is InChI=1S/C29H31N5O7/c1-2-40-26(37)16-14-22(13-15-24(30)35)32-25(36)18-34-27(21-11-7-4-8-12-21)31-17-23(28(34)38)33-29(39)41-19-20-9-5-3-6-10-20/h3-12,14,16-17,22H,2,13,15,18-19H2,1H3,(H2,30,35)(H,32,36)(H,33,39)/b16-14+. The maximum Gasteiger partial charge on any atom is 0.412 e. The Morgan fingerprint density at radius 1 is 1.02 bits per heavy atom. The lowest BCUT2D eigenvalue weighted by Gasteiger charge is -2.17. The molecule has 4 N–H and O–H groups in total. The van der Waals surface area contributed by atoms with Gasteiger partial charge in [0.1, 0.15) is 24.7 Å². The first kappa shape index (κ1) is 30.3. The number of carbonyl (C=O) groups excluding carboxylic acids is 4. The summed E-state index contributed by atoms with van der Waals surface area (Å²) in [5.74, 6) is -1.63. The van der Waals surface area contributed by atoms with E-state index in [9.17, 15) is 24.0 Å². The summed E-state index contributed by atoms with van der Waals surface area (Å²) in [4.78, 5) is 66.3. The molecule has 3 rings (SSSR count). The molecule has 214 valence electrons. The highest BCUT2D eigenvalue weighted by atomic mass is 16.5. The highest BCUT2D eigenvalue weighted by Gasteiger charge is 2.19. The van der Waals surface area contributed by atoms with E-state index >= 15 is 0 Å². The Hall–Kier alpha value is -5.26. The number of benzene rings is 2. The molecule has 0 fully saturated rings. The SMILES string of the molecule is CCOC(=O)/C=C/C(CCC(N)=O)NC(=O)Cn1c(-c2ccccc2)ncc(NC(=O)OCc2ccccc2)c1=O. The van der Waals surface area contributed by atoms with Gasteiger partial charge in [-0.3, -0.25) is 24.3 Å². The number of amides is 3. The Morgan fingerprint density at radius 3 is 2.37 bits per heavy atom. The lowest BCUT2D eigenvalue weighted by molar-refractivity contribution is -0.137. The van der Waals surface area contributed by atoms with Crippen molar-refractivity contribution >= 4 is 29.6 Å². The van der Waals surface area contributed by atoms with Crippen LogP contribution in [-0.2, 0) is 37.0 Å². The third-order valence-corrected chi connectivity index (χ3v) is 5.63. The Bertz CT molecular complexity index is 1440. The van der Waals surface area contributed by atoms with Crippen molar-refractivity contribution in [3.63, 3.8) is 0 Å². The lowest BCUT2D eigenvalue weighted by Crippen LogP contribution is -2.39. The van der Waals surface area contributed by atoms with E-state index in [1.54, 1.807) is 61.5 Å². The summed E-state index contributed by atoms with van der Waals surface area (Å²) in [7, 11) is 0. The maximum absolute atomic E-state index is 13.4. The van der Waals surface area contributed by atoms with Crippen LogP contribution in [0.4, 0.5) is 10.5 Å². The second kappa shape index (κ2) is 15.4. The molecular formula is C29H31N5O7. The number of hydrogen-bond acceptors (Lipinski definition) is 8. The van der Waals surface area contributed by atoms with Crippen LogP contribution in [0, 0.1) is 0 Å². The molecule has 2 aromatic carbocycles. The summed E-state index contributed by atoms with van der Waals surface area (Å²) in [5.41, 5.74) is 5.68. The maximum atomic E-state index is 13.4. The fourth-order valence-corrected chi connectivity index (χ4v) is 3.71. The summed E-state index contributed by atoms with van der Waals surface area (Å²) >= 11 is 0. The molecule has 0 aliphatic rings. The van der Waals surface area contributed by atoms with E-state index in [0.29, 0.717) is 5.56 Å². The molecule has 3 aromatic rings. The molecule has 1 atom stereocenters. The number of hydrogen-bond donors (Lipinski definition) is 3. The molecule has 1 unspecified atom stereocenters. The third kappa shape index (κ3) is 9.77. The van der Waals surface area contributed by atoms with Gasteiger partial charge in [-0.1, -0.05) is 66.7 Å². The molecule has 0 aliphatic heterocycles. The quantitative estimate of drug-likeness (QED) is 0.211. The Labute approximate surface area is 236 Å². The van der Waals surface area contributed by atoms with Crippen molar-refractivity contribution < 1.29 is 28.7 Å². The fraction of sp³-hybridized carbons (Fsp3) is 0.241. The van der Waals surface area contributed by atoms with Gasteiger partial charge >= 0.3 is 12.1 Å². The number of anilines is 1. The molecule has 41 heavy (non-hydrogen) atoms. The summed E-state index contributed by atoms with van der Waals surface area (Å²) in [5, 5.41) is 5.07. The van der Waals surface area contributed by atoms with Crippen LogP contribution in [0.3, 0.4) is 0 Å². The van der Waals surface area contributed by atoms with E-state index < -0.39 is 42.0 Å². The molecule has 1 aromatic heterocycles. The van der Waals surface area contributed by atoms with E-state index in [1.165, 1.54) is 12.3 Å². The van der Waals surface area contributed by atoms with E-state index in [-0.39, 0.29) is 37.6 Å². The van der Waals surface area contributed by atoms with E-state index in [0.717, 1.165) is 16.2 Å². The van der Waals surface area contributed by atoms with Gasteiger partial charge in [0.25, 0.3) is 5.56 Å². The number of carbonyl (C=O) groups is 4. The molecule has 1 heterocycles. The predicted molar refractivity (Wildman–Crippen MR) is 150 cm³/mol. The summed E-state index contributed by atoms with van der Waals surface area (Å²) < 4.78 is 11.2. The first-order valence-electron chi connectivity index (χ1n) is 12.8. The average Bonchev–Trinajstić information content (AvgIpc) is 2.96. The van der Waals surface area contributed by atoms with Gasteiger partial charge in [-0.15, -0.1) is 0 Å². The lowest BCUT2D eigenvalue weighted by atomic mass is 10.1. The normalized spacial score (nSPS) is 11.4. The van der Waals surface area contributed by atoms with Crippen LogP contribution in [0.15, 0.2) is 83.8 Å². The van der Waals surface area contributed by atoms with Crippen molar-refractivity contribution in [3.05, 3.63) is 94.9 Å². The number of nitrogens with zero attached hydrogens (tertiary/aromatic N) is 2. The van der Waals surface area contributed by atoms with E-state index in [4.69, 9.17) is 15.2 Å². The number of nitrogens with two attached hydrogens (primary N) is 1. The fourth-order valence-electron chi connectivity index (χ4n) is 3.71. The zero-order valence-corrected chi connectivity index (χ0v) is 22.4. The van der Waals surface area contributed by atoms with Gasteiger partial charge in [-0.05, 0) is 18.9 Å². The number of ether oxygens (including phenoxy) is 2. The summed E-state index contributed by atoms with van der Waals surface area (Å²) in [6.45, 7) is 1.33. The van der Waals surface area contributed by atoms with Crippen LogP contribution in [-0.4, -0.2) is 46.1 Å². The molecule has 0 bridgehead atoms. The van der Waals surface area contributed by atoms with Crippen LogP contribution >= 0.6 is 0 Å². The second-order valence-electron chi connectivity index (χ2n) is 8.73. The predicted octanol–water partition coefficient (Wildman–Crippen LogP) is 2.53. The van der Waals surface area contributed by atoms with Crippen LogP contribution in [0.25, 0.3) is 11.4 Å². The van der Waals surface area contributed by atoms with Gasteiger partial charge in [-0.2, -0.15) is 0 Å². The zero-order chi connectivity index (χ0) is 29.6. The summed E-state index contributed by atoms with van der Waals surface area (Å²) in [6.07, 6.45) is 2.92. The van der Waals surface area contributed by atoms with Gasteiger partial charge in [-0.25, -0.2) is 14.6 Å². The first-order valence-corrected chi connectivity index (χ1v) is 12.8. The topological polar surface area (TPSA) is 172 Å². The number of esters is 1. The molecule has 0 saturated heterocycles. The molecule has 0 radical (unpaired) electrons. The molecule has 0 aliphatic carbocycles. The molecule has 12 nitrogen and oxygen atoms in total. The second-order valence-corrected chi connectivity index (χ2v) is 8.73. The molecule has 3 amide bonds. The van der Waals surface area contributed by atoms with Gasteiger partial charge in [0.2, 0.25) is 11.8 Å². The van der Waals surface area contributed by atoms with Gasteiger partial charge in [0, 0.05) is 24.1 Å². The Kier molecular flexibility index (Phi) is 11.3. The first-order chi connectivity index (χ1) is 19.8. The molecule has 12 heteroatoms. The van der Waals surface area contributed by atoms with Crippen LogP contribution in [0.2, 0.25) is 0 Å². The van der Waals surface area contributed by atoms with E-state index in [2.05, 4.69) is 15.6 Å². The minimum absolute atomic E-state index is 0.00912. The number of primary amides is 1. The molecule has 0 spiro atoms. The minimum Gasteiger partial charge on any atom is -0.463 e. The number of aromatic nitrogens is 2. The number of nitrogens with one attached hydrogen (secondary N) is 2. The van der Waals surface area contributed by atoms with Gasteiger partial charge < -0.3 is 20.5 Å². The van der Waals surface area contributed by atoms with Crippen molar-refractivity contribution in [3.8, 4) is 11.4 Å². The Morgan fingerprint density at radius 2 is 1.71 bits per heavy atom. The van der Waals surface area contributed by atoms with Crippen LogP contribution < -0.4 is 21.9 Å². The highest BCUT2D eigenvalue weighted by Crippen LogP contribution is 2.16. The Balaban J connectivity index is 1.83. The van der Waals surface area contributed by atoms with Crippen LogP contribution in [0.5, 0.6) is 0 Å². The van der Waals surface area contributed by atoms with Crippen molar-refractivity contribution in [2.75, 3.05) is 11.9 Å². The average molecular weight is 562 g/mol. The largest absolute Gasteiger partial charge is 0.463 e. The van der Waals surface area contributed by atoms with Crippen molar-refractivity contribution in [1.29, 1.82) is 0 Å². The van der Waals surface area contributed by atoms with Crippen molar-refractivity contribution in [2.45, 2.75) is 39.0 Å². The minimum atomic E-state index is -0.869. The molecular weight excluding hydrogens is 530 g/mol. The third-order valence-electron chi connectivity index (χ3n) is 5.63. The summed E-state index contributed by atoms with van der Waals surface area (Å²) in [6, 6.07) is 17.0. The monoisotopic (exact) mass is 561 g/mol. The smallest absolute Gasteiger partial charge is 0.412 e. The van der Waals surface area contributed by atoms with Gasteiger partial charge in [0.15, 0.2) is 0 Å². The number of rotatable bonds is 13. The van der Waals surface area contributed by atoms with Crippen molar-refractivity contribution in [2.24, 2.45) is 5.73 Å². The van der Waals surface area contributed by atoms with Gasteiger partial charge in [0.05, 0.1) is 12.8 Å². The van der Waals surface area contributed by atoms with Crippen molar-refractivity contribution in [1.82, 2.24) is 14.9 Å². The molecule has 0 saturated carbocycles. The zero-order valence-electron chi connectivity index (χ0n) is 22.4.